The molecule has 3 aromatic rings. The Labute approximate surface area is 157 Å². The average molecular weight is 388 g/mol. The van der Waals surface area contributed by atoms with Crippen LogP contribution in [0.3, 0.4) is 0 Å². The molecule has 1 aromatic carbocycles. The zero-order valence-electron chi connectivity index (χ0n) is 13.4. The van der Waals surface area contributed by atoms with E-state index >= 15 is 0 Å². The van der Waals surface area contributed by atoms with E-state index in [1.165, 1.54) is 34.4 Å². The van der Waals surface area contributed by atoms with Crippen LogP contribution in [-0.2, 0) is 5.75 Å². The smallest absolute Gasteiger partial charge is 0.269 e. The SMILES string of the molecule is Cc1nc(C)c(C(=O)Nc2nnc(SCc3ccc(C#N)cc3)s2)s1. The number of nitrogens with zero attached hydrogens (tertiary/aromatic N) is 4. The fourth-order valence-corrected chi connectivity index (χ4v) is 4.55. The summed E-state index contributed by atoms with van der Waals surface area (Å²) in [5.74, 6) is 0.518. The Morgan fingerprint density at radius 1 is 1.24 bits per heavy atom. The van der Waals surface area contributed by atoms with Crippen molar-refractivity contribution in [3.05, 3.63) is 51.0 Å². The zero-order chi connectivity index (χ0) is 17.8. The minimum atomic E-state index is -0.206. The van der Waals surface area contributed by atoms with Crippen molar-refractivity contribution in [2.75, 3.05) is 5.32 Å². The molecule has 2 aromatic heterocycles. The third-order valence-electron chi connectivity index (χ3n) is 3.18. The largest absolute Gasteiger partial charge is 0.296 e. The van der Waals surface area contributed by atoms with Crippen molar-refractivity contribution < 1.29 is 4.79 Å². The minimum absolute atomic E-state index is 0.206. The topological polar surface area (TPSA) is 91.6 Å². The molecule has 0 aliphatic rings. The van der Waals surface area contributed by atoms with Gasteiger partial charge in [0.05, 0.1) is 22.3 Å². The number of nitrogens with one attached hydrogen (secondary N) is 1. The number of benzene rings is 1. The molecular weight excluding hydrogens is 374 g/mol. The van der Waals surface area contributed by atoms with Crippen LogP contribution in [0.2, 0.25) is 0 Å². The van der Waals surface area contributed by atoms with Crippen LogP contribution in [0.5, 0.6) is 0 Å². The Bertz CT molecular complexity index is 940. The highest BCUT2D eigenvalue weighted by Crippen LogP contribution is 2.29. The first-order valence-electron chi connectivity index (χ1n) is 7.26. The number of aromatic nitrogens is 3. The van der Waals surface area contributed by atoms with Crippen LogP contribution in [0, 0.1) is 25.2 Å². The maximum Gasteiger partial charge on any atom is 0.269 e. The lowest BCUT2D eigenvalue weighted by atomic mass is 10.2. The normalized spacial score (nSPS) is 10.4. The number of rotatable bonds is 5. The fourth-order valence-electron chi connectivity index (χ4n) is 2.04. The summed E-state index contributed by atoms with van der Waals surface area (Å²) in [4.78, 5) is 17.1. The Kier molecular flexibility index (Phi) is 5.43. The lowest BCUT2D eigenvalue weighted by molar-refractivity contribution is 0.102. The molecule has 1 N–H and O–H groups in total. The summed E-state index contributed by atoms with van der Waals surface area (Å²) in [5, 5.41) is 21.0. The molecule has 0 bridgehead atoms. The van der Waals surface area contributed by atoms with Gasteiger partial charge in [-0.2, -0.15) is 5.26 Å². The summed E-state index contributed by atoms with van der Waals surface area (Å²) in [6.07, 6.45) is 0. The number of anilines is 1. The van der Waals surface area contributed by atoms with E-state index in [2.05, 4.69) is 26.6 Å². The van der Waals surface area contributed by atoms with Crippen LogP contribution in [0.4, 0.5) is 5.13 Å². The molecule has 0 aliphatic heterocycles. The van der Waals surface area contributed by atoms with Gasteiger partial charge in [-0.1, -0.05) is 35.2 Å². The molecule has 0 spiro atoms. The summed E-state index contributed by atoms with van der Waals surface area (Å²) >= 11 is 4.24. The molecule has 0 saturated heterocycles. The van der Waals surface area contributed by atoms with Crippen molar-refractivity contribution in [1.82, 2.24) is 15.2 Å². The molecule has 0 radical (unpaired) electrons. The molecule has 0 atom stereocenters. The third-order valence-corrected chi connectivity index (χ3v) is 6.30. The van der Waals surface area contributed by atoms with Gasteiger partial charge in [-0.3, -0.25) is 10.1 Å². The monoisotopic (exact) mass is 387 g/mol. The van der Waals surface area contributed by atoms with E-state index in [-0.39, 0.29) is 5.91 Å². The highest BCUT2D eigenvalue weighted by molar-refractivity contribution is 8.00. The van der Waals surface area contributed by atoms with E-state index in [1.807, 2.05) is 26.0 Å². The van der Waals surface area contributed by atoms with Crippen molar-refractivity contribution in [2.45, 2.75) is 23.9 Å². The number of carbonyl (C=O) groups is 1. The van der Waals surface area contributed by atoms with Crippen molar-refractivity contribution in [2.24, 2.45) is 0 Å². The number of nitriles is 1. The Morgan fingerprint density at radius 2 is 2.00 bits per heavy atom. The van der Waals surface area contributed by atoms with Crippen molar-refractivity contribution in [1.29, 1.82) is 5.26 Å². The van der Waals surface area contributed by atoms with Gasteiger partial charge in [0.1, 0.15) is 4.88 Å². The predicted molar refractivity (Wildman–Crippen MR) is 100 cm³/mol. The second kappa shape index (κ2) is 7.74. The number of aryl methyl sites for hydroxylation is 2. The molecule has 9 heteroatoms. The lowest BCUT2D eigenvalue weighted by Gasteiger charge is -1.99. The average Bonchev–Trinajstić information content (AvgIpc) is 3.19. The summed E-state index contributed by atoms with van der Waals surface area (Å²) in [7, 11) is 0. The number of thioether (sulfide) groups is 1. The van der Waals surface area contributed by atoms with E-state index in [4.69, 9.17) is 5.26 Å². The quantitative estimate of drug-likeness (QED) is 0.525. The summed E-state index contributed by atoms with van der Waals surface area (Å²) in [6.45, 7) is 3.69. The van der Waals surface area contributed by atoms with Gasteiger partial charge in [-0.25, -0.2) is 4.98 Å². The van der Waals surface area contributed by atoms with Crippen LogP contribution in [0.1, 0.15) is 31.5 Å². The van der Waals surface area contributed by atoms with E-state index < -0.39 is 0 Å². The van der Waals surface area contributed by atoms with E-state index in [1.54, 1.807) is 12.1 Å². The standard InChI is InChI=1S/C16H13N5OS3/c1-9-13(24-10(2)18-9)14(22)19-15-20-21-16(25-15)23-8-12-5-3-11(7-17)4-6-12/h3-6H,8H2,1-2H3,(H,19,20,22). The summed E-state index contributed by atoms with van der Waals surface area (Å²) in [5.41, 5.74) is 2.46. The van der Waals surface area contributed by atoms with Gasteiger partial charge in [0, 0.05) is 5.75 Å². The molecule has 1 amide bonds. The number of carbonyl (C=O) groups excluding carboxylic acids is 1. The second-order valence-corrected chi connectivity index (χ2v) is 8.48. The molecule has 3 rings (SSSR count). The molecule has 0 unspecified atom stereocenters. The molecule has 6 nitrogen and oxygen atoms in total. The maximum atomic E-state index is 12.3. The summed E-state index contributed by atoms with van der Waals surface area (Å²) in [6, 6.07) is 9.52. The van der Waals surface area contributed by atoms with Crippen molar-refractivity contribution >= 4 is 45.5 Å². The first kappa shape index (κ1) is 17.5. The zero-order valence-corrected chi connectivity index (χ0v) is 15.9. The number of amides is 1. The second-order valence-electron chi connectivity index (χ2n) is 5.07. The Morgan fingerprint density at radius 3 is 2.64 bits per heavy atom. The van der Waals surface area contributed by atoms with Gasteiger partial charge in [0.2, 0.25) is 5.13 Å². The molecular formula is C16H13N5OS3. The van der Waals surface area contributed by atoms with Gasteiger partial charge in [0.25, 0.3) is 5.91 Å². The highest BCUT2D eigenvalue weighted by Gasteiger charge is 2.16. The molecule has 2 heterocycles. The van der Waals surface area contributed by atoms with Gasteiger partial charge in [0.15, 0.2) is 4.34 Å². The van der Waals surface area contributed by atoms with E-state index in [0.717, 1.165) is 26.4 Å². The van der Waals surface area contributed by atoms with E-state index in [9.17, 15) is 4.79 Å². The minimum Gasteiger partial charge on any atom is -0.296 e. The fraction of sp³-hybridized carbons (Fsp3) is 0.188. The Hall–Kier alpha value is -2.28. The number of hydrogen-bond donors (Lipinski definition) is 1. The molecule has 126 valence electrons. The molecule has 0 saturated carbocycles. The highest BCUT2D eigenvalue weighted by atomic mass is 32.2. The number of hydrogen-bond acceptors (Lipinski definition) is 8. The number of thiazole rings is 1. The third kappa shape index (κ3) is 4.42. The van der Waals surface area contributed by atoms with Crippen molar-refractivity contribution in [3.8, 4) is 6.07 Å². The van der Waals surface area contributed by atoms with Crippen LogP contribution >= 0.6 is 34.4 Å². The van der Waals surface area contributed by atoms with Gasteiger partial charge in [-0.05, 0) is 31.5 Å². The first-order valence-corrected chi connectivity index (χ1v) is 9.87. The molecule has 0 fully saturated rings. The van der Waals surface area contributed by atoms with E-state index in [0.29, 0.717) is 15.6 Å². The molecule has 0 aliphatic carbocycles. The predicted octanol–water partition coefficient (Wildman–Crippen LogP) is 4.03. The van der Waals surface area contributed by atoms with Crippen LogP contribution in [0.25, 0.3) is 0 Å². The lowest BCUT2D eigenvalue weighted by Crippen LogP contribution is -2.11. The van der Waals surface area contributed by atoms with Crippen LogP contribution in [0.15, 0.2) is 28.6 Å². The Balaban J connectivity index is 1.59. The van der Waals surface area contributed by atoms with Gasteiger partial charge in [-0.15, -0.1) is 21.5 Å². The van der Waals surface area contributed by atoms with Gasteiger partial charge >= 0.3 is 0 Å². The summed E-state index contributed by atoms with van der Waals surface area (Å²) < 4.78 is 0.775. The van der Waals surface area contributed by atoms with Crippen LogP contribution < -0.4 is 5.32 Å². The van der Waals surface area contributed by atoms with Crippen molar-refractivity contribution in [3.63, 3.8) is 0 Å². The first-order chi connectivity index (χ1) is 12.0. The van der Waals surface area contributed by atoms with Gasteiger partial charge < -0.3 is 0 Å². The molecule has 25 heavy (non-hydrogen) atoms. The maximum absolute atomic E-state index is 12.3. The van der Waals surface area contributed by atoms with Crippen LogP contribution in [-0.4, -0.2) is 21.1 Å².